The summed E-state index contributed by atoms with van der Waals surface area (Å²) in [6.07, 6.45) is 3.90. The number of phenols is 1. The molecule has 174 valence electrons. The zero-order chi connectivity index (χ0) is 23.8. The monoisotopic (exact) mass is 448 g/mol. The van der Waals surface area contributed by atoms with Gasteiger partial charge in [0.15, 0.2) is 5.65 Å². The highest BCUT2D eigenvalue weighted by atomic mass is 16.5. The molecular formula is C26H32N4O3. The predicted octanol–water partition coefficient (Wildman–Crippen LogP) is 4.39. The van der Waals surface area contributed by atoms with Gasteiger partial charge in [0.1, 0.15) is 11.3 Å². The molecule has 0 bridgehead atoms. The first-order valence-electron chi connectivity index (χ1n) is 11.4. The number of aromatic hydroxyl groups is 1. The van der Waals surface area contributed by atoms with Crippen molar-refractivity contribution in [2.45, 2.75) is 46.5 Å². The van der Waals surface area contributed by atoms with Gasteiger partial charge in [-0.15, -0.1) is 0 Å². The number of pyridine rings is 1. The number of aromatic nitrogens is 3. The summed E-state index contributed by atoms with van der Waals surface area (Å²) in [5.74, 6) is 0.255. The first kappa shape index (κ1) is 23.1. The molecule has 7 nitrogen and oxygen atoms in total. The van der Waals surface area contributed by atoms with Crippen LogP contribution in [-0.2, 0) is 9.53 Å². The van der Waals surface area contributed by atoms with Crippen LogP contribution in [0.2, 0.25) is 0 Å². The number of methoxy groups -OCH3 is 1. The van der Waals surface area contributed by atoms with Gasteiger partial charge >= 0.3 is 5.97 Å². The highest BCUT2D eigenvalue weighted by molar-refractivity contribution is 5.78. The van der Waals surface area contributed by atoms with Crippen LogP contribution >= 0.6 is 0 Å². The van der Waals surface area contributed by atoms with E-state index >= 15 is 0 Å². The lowest BCUT2D eigenvalue weighted by atomic mass is 9.89. The lowest BCUT2D eigenvalue weighted by Gasteiger charge is -2.36. The van der Waals surface area contributed by atoms with Crippen molar-refractivity contribution in [2.24, 2.45) is 5.41 Å². The van der Waals surface area contributed by atoms with E-state index in [1.807, 2.05) is 52.1 Å². The van der Waals surface area contributed by atoms with Gasteiger partial charge in [-0.3, -0.25) is 9.78 Å². The van der Waals surface area contributed by atoms with E-state index in [0.717, 1.165) is 53.8 Å². The maximum absolute atomic E-state index is 12.1. The molecular weight excluding hydrogens is 416 g/mol. The maximum Gasteiger partial charge on any atom is 0.312 e. The Balaban J connectivity index is 1.61. The molecule has 1 aliphatic heterocycles. The van der Waals surface area contributed by atoms with Crippen molar-refractivity contribution >= 4 is 17.1 Å². The Labute approximate surface area is 194 Å². The van der Waals surface area contributed by atoms with E-state index in [1.165, 1.54) is 7.11 Å². The van der Waals surface area contributed by atoms with Crippen molar-refractivity contribution in [3.8, 4) is 17.0 Å². The van der Waals surface area contributed by atoms with Gasteiger partial charge in [-0.1, -0.05) is 6.07 Å². The first-order valence-corrected chi connectivity index (χ1v) is 11.4. The largest absolute Gasteiger partial charge is 0.507 e. The Hall–Kier alpha value is -3.06. The van der Waals surface area contributed by atoms with E-state index in [-0.39, 0.29) is 17.6 Å². The predicted molar refractivity (Wildman–Crippen MR) is 128 cm³/mol. The highest BCUT2D eigenvalue weighted by Crippen LogP contribution is 2.34. The lowest BCUT2D eigenvalue weighted by Crippen LogP contribution is -2.44. The zero-order valence-corrected chi connectivity index (χ0v) is 20.1. The Morgan fingerprint density at radius 2 is 2.03 bits per heavy atom. The Morgan fingerprint density at radius 1 is 1.24 bits per heavy atom. The summed E-state index contributed by atoms with van der Waals surface area (Å²) in [6, 6.07) is 7.57. The molecule has 4 rings (SSSR count). The summed E-state index contributed by atoms with van der Waals surface area (Å²) >= 11 is 0. The number of hydrogen-bond acceptors (Lipinski definition) is 7. The number of phenolic OH excluding ortho intramolecular Hbond substituents is 1. The number of benzene rings is 1. The van der Waals surface area contributed by atoms with Gasteiger partial charge in [0.2, 0.25) is 0 Å². The molecule has 2 aromatic heterocycles. The second-order valence-corrected chi connectivity index (χ2v) is 9.76. The van der Waals surface area contributed by atoms with E-state index in [2.05, 4.69) is 9.88 Å². The van der Waals surface area contributed by atoms with Crippen LogP contribution in [-0.4, -0.2) is 57.7 Å². The fourth-order valence-electron chi connectivity index (χ4n) is 4.87. The topological polar surface area (TPSA) is 88.4 Å². The van der Waals surface area contributed by atoms with Crippen LogP contribution in [0.3, 0.4) is 0 Å². The average Bonchev–Trinajstić information content (AvgIpc) is 2.77. The van der Waals surface area contributed by atoms with Crippen molar-refractivity contribution in [3.05, 3.63) is 47.3 Å². The summed E-state index contributed by atoms with van der Waals surface area (Å²) in [6.45, 7) is 10.2. The number of fused-ring (bicyclic) bond motifs is 1. The minimum atomic E-state index is -0.559. The smallest absolute Gasteiger partial charge is 0.312 e. The zero-order valence-electron chi connectivity index (χ0n) is 20.1. The molecule has 1 atom stereocenters. The summed E-state index contributed by atoms with van der Waals surface area (Å²) in [5, 5.41) is 10.5. The van der Waals surface area contributed by atoms with Crippen LogP contribution in [0.1, 0.15) is 49.4 Å². The van der Waals surface area contributed by atoms with Gasteiger partial charge in [-0.2, -0.15) is 0 Å². The van der Waals surface area contributed by atoms with E-state index in [4.69, 9.17) is 14.7 Å². The van der Waals surface area contributed by atoms with Gasteiger partial charge in [0.05, 0.1) is 23.9 Å². The van der Waals surface area contributed by atoms with Crippen LogP contribution in [0.5, 0.6) is 5.75 Å². The SMILES string of the molecule is COC(=O)C(C)(C)CN1CCC[C@@H](c2cnc3ccc(-c4c(C)cc(C)cc4O)nc3n2)C1. The molecule has 3 heterocycles. The fraction of sp³-hybridized carbons (Fsp3) is 0.462. The summed E-state index contributed by atoms with van der Waals surface area (Å²) < 4.78 is 4.97. The number of hydrogen-bond donors (Lipinski definition) is 1. The average molecular weight is 449 g/mol. The minimum absolute atomic E-state index is 0.193. The molecule has 1 N–H and O–H groups in total. The van der Waals surface area contributed by atoms with E-state index < -0.39 is 5.41 Å². The molecule has 0 unspecified atom stereocenters. The number of nitrogens with zero attached hydrogens (tertiary/aromatic N) is 4. The Kier molecular flexibility index (Phi) is 6.34. The minimum Gasteiger partial charge on any atom is -0.507 e. The van der Waals surface area contributed by atoms with Crippen LogP contribution < -0.4 is 0 Å². The Bertz CT molecular complexity index is 1170. The number of esters is 1. The van der Waals surface area contributed by atoms with E-state index in [0.29, 0.717) is 17.9 Å². The molecule has 0 spiro atoms. The van der Waals surface area contributed by atoms with Crippen molar-refractivity contribution in [3.63, 3.8) is 0 Å². The quantitative estimate of drug-likeness (QED) is 0.579. The van der Waals surface area contributed by atoms with Gasteiger partial charge in [-0.05, 0) is 76.4 Å². The second kappa shape index (κ2) is 9.06. The van der Waals surface area contributed by atoms with Gasteiger partial charge in [0.25, 0.3) is 0 Å². The van der Waals surface area contributed by atoms with Crippen LogP contribution in [0, 0.1) is 19.3 Å². The molecule has 3 aromatic rings. The number of aryl methyl sites for hydroxylation is 2. The second-order valence-electron chi connectivity index (χ2n) is 9.76. The molecule has 1 saturated heterocycles. The van der Waals surface area contributed by atoms with Crippen LogP contribution in [0.25, 0.3) is 22.4 Å². The first-order chi connectivity index (χ1) is 15.7. The lowest BCUT2D eigenvalue weighted by molar-refractivity contribution is -0.152. The number of ether oxygens (including phenoxy) is 1. The normalized spacial score (nSPS) is 17.3. The number of carbonyl (C=O) groups is 1. The third kappa shape index (κ3) is 4.83. The summed E-state index contributed by atoms with van der Waals surface area (Å²) in [7, 11) is 1.44. The van der Waals surface area contributed by atoms with Crippen molar-refractivity contribution < 1.29 is 14.6 Å². The van der Waals surface area contributed by atoms with Crippen molar-refractivity contribution in [1.82, 2.24) is 19.9 Å². The molecule has 0 radical (unpaired) electrons. The molecule has 1 aliphatic rings. The van der Waals surface area contributed by atoms with Crippen molar-refractivity contribution in [1.29, 1.82) is 0 Å². The van der Waals surface area contributed by atoms with E-state index in [1.54, 1.807) is 6.07 Å². The molecule has 1 aromatic carbocycles. The molecule has 33 heavy (non-hydrogen) atoms. The summed E-state index contributed by atoms with van der Waals surface area (Å²) in [5.41, 5.74) is 5.06. The molecule has 1 fully saturated rings. The van der Waals surface area contributed by atoms with Crippen molar-refractivity contribution in [2.75, 3.05) is 26.7 Å². The molecule has 7 heteroatoms. The Morgan fingerprint density at radius 3 is 2.76 bits per heavy atom. The van der Waals surface area contributed by atoms with Gasteiger partial charge < -0.3 is 14.7 Å². The number of carbonyl (C=O) groups excluding carboxylic acids is 1. The molecule has 0 saturated carbocycles. The fourth-order valence-corrected chi connectivity index (χ4v) is 4.87. The van der Waals surface area contributed by atoms with Crippen LogP contribution in [0.4, 0.5) is 0 Å². The number of likely N-dealkylation sites (tertiary alicyclic amines) is 1. The number of piperidine rings is 1. The van der Waals surface area contributed by atoms with Gasteiger partial charge in [-0.25, -0.2) is 9.97 Å². The third-order valence-electron chi connectivity index (χ3n) is 6.42. The summed E-state index contributed by atoms with van der Waals surface area (Å²) in [4.78, 5) is 28.7. The van der Waals surface area contributed by atoms with E-state index in [9.17, 15) is 9.90 Å². The third-order valence-corrected chi connectivity index (χ3v) is 6.42. The van der Waals surface area contributed by atoms with Gasteiger partial charge in [0, 0.05) is 30.8 Å². The molecule has 0 aliphatic carbocycles. The highest BCUT2D eigenvalue weighted by Gasteiger charge is 2.33. The van der Waals surface area contributed by atoms with Crippen LogP contribution in [0.15, 0.2) is 30.5 Å². The standard InChI is InChI=1S/C26H32N4O3/c1-16-11-17(2)23(22(31)12-16)19-8-9-20-24(28-19)29-21(13-27-20)18-7-6-10-30(14-18)15-26(3,4)25(32)33-5/h8-9,11-13,18,31H,6-7,10,14-15H2,1-5H3/t18-/m1/s1. The molecule has 0 amide bonds. The maximum atomic E-state index is 12.1. The number of rotatable bonds is 5.